The Morgan fingerprint density at radius 2 is 1.95 bits per heavy atom. The predicted octanol–water partition coefficient (Wildman–Crippen LogP) is 3.11. The van der Waals surface area contributed by atoms with E-state index in [0.717, 1.165) is 24.2 Å². The Bertz CT molecular complexity index is 451. The van der Waals surface area contributed by atoms with Crippen LogP contribution < -0.4 is 9.47 Å². The summed E-state index contributed by atoms with van der Waals surface area (Å²) in [5.74, 6) is 1.43. The van der Waals surface area contributed by atoms with Crippen LogP contribution in [0.4, 0.5) is 0 Å². The third-order valence-electron chi connectivity index (χ3n) is 3.63. The molecule has 2 rings (SSSR count). The second-order valence-corrected chi connectivity index (χ2v) is 4.93. The highest BCUT2D eigenvalue weighted by Crippen LogP contribution is 2.29. The molecular weight excluding hydrogens is 240 g/mol. The van der Waals surface area contributed by atoms with E-state index in [-0.39, 0.29) is 6.10 Å². The molecule has 1 unspecified atom stereocenters. The van der Waals surface area contributed by atoms with Crippen LogP contribution in [0.3, 0.4) is 0 Å². The maximum Gasteiger partial charge on any atom is 0.160 e. The normalized spacial score (nSPS) is 16.7. The maximum atomic E-state index is 10.3. The third kappa shape index (κ3) is 3.51. The molecule has 0 saturated carbocycles. The van der Waals surface area contributed by atoms with E-state index in [1.165, 1.54) is 18.4 Å². The van der Waals surface area contributed by atoms with Crippen molar-refractivity contribution in [2.75, 3.05) is 14.2 Å². The summed E-state index contributed by atoms with van der Waals surface area (Å²) in [6, 6.07) is 5.80. The molecule has 1 aromatic carbocycles. The summed E-state index contributed by atoms with van der Waals surface area (Å²) in [4.78, 5) is 0. The Morgan fingerprint density at radius 1 is 1.16 bits per heavy atom. The van der Waals surface area contributed by atoms with Gasteiger partial charge in [-0.05, 0) is 49.0 Å². The number of benzene rings is 1. The summed E-state index contributed by atoms with van der Waals surface area (Å²) in [6.07, 6.45) is 6.99. The van der Waals surface area contributed by atoms with Gasteiger partial charge in [-0.15, -0.1) is 0 Å². The molecule has 0 aliphatic heterocycles. The van der Waals surface area contributed by atoms with Crippen LogP contribution in [0, 0.1) is 0 Å². The first-order chi connectivity index (χ1) is 9.24. The van der Waals surface area contributed by atoms with Gasteiger partial charge in [0.05, 0.1) is 20.3 Å². The van der Waals surface area contributed by atoms with Crippen LogP contribution in [0.1, 0.15) is 31.2 Å². The van der Waals surface area contributed by atoms with E-state index in [0.29, 0.717) is 12.2 Å². The fourth-order valence-electron chi connectivity index (χ4n) is 2.53. The van der Waals surface area contributed by atoms with Gasteiger partial charge in [0.1, 0.15) is 0 Å². The monoisotopic (exact) mass is 262 g/mol. The van der Waals surface area contributed by atoms with E-state index in [4.69, 9.17) is 9.47 Å². The molecule has 0 spiro atoms. The zero-order valence-corrected chi connectivity index (χ0v) is 11.7. The van der Waals surface area contributed by atoms with Crippen LogP contribution >= 0.6 is 0 Å². The summed E-state index contributed by atoms with van der Waals surface area (Å²) in [5.41, 5.74) is 2.25. The van der Waals surface area contributed by atoms with Crippen molar-refractivity contribution in [2.45, 2.75) is 38.2 Å². The molecule has 3 heteroatoms. The Morgan fingerprint density at radius 3 is 2.58 bits per heavy atom. The SMILES string of the molecule is COc1ccc(CC(O)C2=CCCCC2)cc1OC. The van der Waals surface area contributed by atoms with Gasteiger partial charge in [-0.3, -0.25) is 0 Å². The van der Waals surface area contributed by atoms with Crippen LogP contribution in [0.15, 0.2) is 29.8 Å². The molecule has 0 bridgehead atoms. The third-order valence-corrected chi connectivity index (χ3v) is 3.63. The van der Waals surface area contributed by atoms with Gasteiger partial charge >= 0.3 is 0 Å². The van der Waals surface area contributed by atoms with E-state index in [2.05, 4.69) is 6.08 Å². The van der Waals surface area contributed by atoms with Gasteiger partial charge < -0.3 is 14.6 Å². The van der Waals surface area contributed by atoms with Crippen LogP contribution in [-0.2, 0) is 6.42 Å². The van der Waals surface area contributed by atoms with Crippen molar-refractivity contribution in [1.29, 1.82) is 0 Å². The van der Waals surface area contributed by atoms with E-state index < -0.39 is 0 Å². The van der Waals surface area contributed by atoms with Crippen LogP contribution in [0.25, 0.3) is 0 Å². The fraction of sp³-hybridized carbons (Fsp3) is 0.500. The molecule has 1 atom stereocenters. The van der Waals surface area contributed by atoms with Gasteiger partial charge in [0.25, 0.3) is 0 Å². The molecule has 0 amide bonds. The van der Waals surface area contributed by atoms with Gasteiger partial charge in [-0.1, -0.05) is 12.1 Å². The molecule has 0 saturated heterocycles. The number of rotatable bonds is 5. The first-order valence-corrected chi connectivity index (χ1v) is 6.82. The Kier molecular flexibility index (Phi) is 4.86. The van der Waals surface area contributed by atoms with Crippen molar-refractivity contribution < 1.29 is 14.6 Å². The lowest BCUT2D eigenvalue weighted by molar-refractivity contribution is 0.204. The minimum Gasteiger partial charge on any atom is -0.493 e. The van der Waals surface area contributed by atoms with E-state index in [9.17, 15) is 5.11 Å². The number of hydrogen-bond donors (Lipinski definition) is 1. The lowest BCUT2D eigenvalue weighted by Gasteiger charge is -2.19. The largest absolute Gasteiger partial charge is 0.493 e. The molecule has 1 aromatic rings. The molecule has 1 aliphatic carbocycles. The summed E-state index contributed by atoms with van der Waals surface area (Å²) >= 11 is 0. The second-order valence-electron chi connectivity index (χ2n) is 4.93. The summed E-state index contributed by atoms with van der Waals surface area (Å²) < 4.78 is 10.5. The van der Waals surface area contributed by atoms with Gasteiger partial charge in [0, 0.05) is 6.42 Å². The average Bonchev–Trinajstić information content (AvgIpc) is 2.48. The topological polar surface area (TPSA) is 38.7 Å². The second kappa shape index (κ2) is 6.62. The van der Waals surface area contributed by atoms with Gasteiger partial charge in [0.2, 0.25) is 0 Å². The van der Waals surface area contributed by atoms with Crippen LogP contribution in [0.5, 0.6) is 11.5 Å². The minimum atomic E-state index is -0.376. The molecular formula is C16H22O3. The Labute approximate surface area is 114 Å². The number of methoxy groups -OCH3 is 2. The number of hydrogen-bond acceptors (Lipinski definition) is 3. The highest BCUT2D eigenvalue weighted by atomic mass is 16.5. The fourth-order valence-corrected chi connectivity index (χ4v) is 2.53. The Balaban J connectivity index is 2.08. The quantitative estimate of drug-likeness (QED) is 0.829. The first-order valence-electron chi connectivity index (χ1n) is 6.82. The molecule has 0 radical (unpaired) electrons. The molecule has 0 heterocycles. The number of aliphatic hydroxyl groups is 1. The van der Waals surface area contributed by atoms with Crippen molar-refractivity contribution in [2.24, 2.45) is 0 Å². The molecule has 104 valence electrons. The Hall–Kier alpha value is -1.48. The molecule has 3 nitrogen and oxygen atoms in total. The number of ether oxygens (including phenoxy) is 2. The van der Waals surface area contributed by atoms with Crippen molar-refractivity contribution in [3.63, 3.8) is 0 Å². The van der Waals surface area contributed by atoms with Gasteiger partial charge in [-0.2, -0.15) is 0 Å². The van der Waals surface area contributed by atoms with Gasteiger partial charge in [-0.25, -0.2) is 0 Å². The summed E-state index contributed by atoms with van der Waals surface area (Å²) in [5, 5.41) is 10.3. The van der Waals surface area contributed by atoms with Crippen LogP contribution in [-0.4, -0.2) is 25.4 Å². The van der Waals surface area contributed by atoms with Gasteiger partial charge in [0.15, 0.2) is 11.5 Å². The van der Waals surface area contributed by atoms with Crippen molar-refractivity contribution in [3.8, 4) is 11.5 Å². The molecule has 1 aliphatic rings. The standard InChI is InChI=1S/C16H22O3/c1-18-15-9-8-12(11-16(15)19-2)10-14(17)13-6-4-3-5-7-13/h6,8-9,11,14,17H,3-5,7,10H2,1-2H3. The smallest absolute Gasteiger partial charge is 0.160 e. The summed E-state index contributed by atoms with van der Waals surface area (Å²) in [6.45, 7) is 0. The minimum absolute atomic E-state index is 0.376. The average molecular weight is 262 g/mol. The summed E-state index contributed by atoms with van der Waals surface area (Å²) in [7, 11) is 3.25. The molecule has 19 heavy (non-hydrogen) atoms. The predicted molar refractivity (Wildman–Crippen MR) is 75.8 cm³/mol. The van der Waals surface area contributed by atoms with Crippen molar-refractivity contribution in [1.82, 2.24) is 0 Å². The molecule has 0 aromatic heterocycles. The highest BCUT2D eigenvalue weighted by molar-refractivity contribution is 5.43. The maximum absolute atomic E-state index is 10.3. The van der Waals surface area contributed by atoms with E-state index in [1.54, 1.807) is 14.2 Å². The lowest BCUT2D eigenvalue weighted by Crippen LogP contribution is -2.15. The van der Waals surface area contributed by atoms with Crippen molar-refractivity contribution >= 4 is 0 Å². The highest BCUT2D eigenvalue weighted by Gasteiger charge is 2.15. The number of allylic oxidation sites excluding steroid dienone is 1. The molecule has 1 N–H and O–H groups in total. The first kappa shape index (κ1) is 13.9. The van der Waals surface area contributed by atoms with E-state index in [1.807, 2.05) is 18.2 Å². The van der Waals surface area contributed by atoms with Crippen molar-refractivity contribution in [3.05, 3.63) is 35.4 Å². The van der Waals surface area contributed by atoms with Crippen LogP contribution in [0.2, 0.25) is 0 Å². The zero-order valence-electron chi connectivity index (χ0n) is 11.7. The lowest BCUT2D eigenvalue weighted by atomic mass is 9.92. The number of aliphatic hydroxyl groups excluding tert-OH is 1. The molecule has 0 fully saturated rings. The zero-order chi connectivity index (χ0) is 13.7. The van der Waals surface area contributed by atoms with E-state index >= 15 is 0 Å².